The summed E-state index contributed by atoms with van der Waals surface area (Å²) in [6.45, 7) is 4.22. The summed E-state index contributed by atoms with van der Waals surface area (Å²) in [6.07, 6.45) is 4.31. The summed E-state index contributed by atoms with van der Waals surface area (Å²) in [6, 6.07) is 11.4. The first kappa shape index (κ1) is 19.4. The van der Waals surface area contributed by atoms with Gasteiger partial charge >= 0.3 is 0 Å². The van der Waals surface area contributed by atoms with Crippen LogP contribution >= 0.6 is 11.3 Å². The Bertz CT molecular complexity index is 1070. The number of fused-ring (bicyclic) bond motifs is 1. The lowest BCUT2D eigenvalue weighted by Crippen LogP contribution is -2.32. The zero-order valence-corrected chi connectivity index (χ0v) is 17.8. The SMILES string of the molecule is Cc1cc(C)n(C(CNS(=O)(=O)c2ccc3c(c2)CCCC3)c2cccs2)n1. The van der Waals surface area contributed by atoms with Gasteiger partial charge in [0.15, 0.2) is 0 Å². The summed E-state index contributed by atoms with van der Waals surface area (Å²) in [5.74, 6) is 0. The number of thiophene rings is 1. The molecule has 0 saturated heterocycles. The van der Waals surface area contributed by atoms with Crippen molar-refractivity contribution in [3.05, 3.63) is 69.2 Å². The molecule has 0 saturated carbocycles. The van der Waals surface area contributed by atoms with Crippen LogP contribution < -0.4 is 4.72 Å². The molecule has 1 N–H and O–H groups in total. The minimum Gasteiger partial charge on any atom is -0.260 e. The highest BCUT2D eigenvalue weighted by atomic mass is 32.2. The molecule has 1 unspecified atom stereocenters. The van der Waals surface area contributed by atoms with Crippen molar-refractivity contribution in [2.75, 3.05) is 6.54 Å². The zero-order chi connectivity index (χ0) is 19.7. The van der Waals surface area contributed by atoms with Crippen molar-refractivity contribution in [3.8, 4) is 0 Å². The van der Waals surface area contributed by atoms with Crippen molar-refractivity contribution < 1.29 is 8.42 Å². The molecule has 5 nitrogen and oxygen atoms in total. The van der Waals surface area contributed by atoms with Crippen LogP contribution in [0.4, 0.5) is 0 Å². The minimum absolute atomic E-state index is 0.166. The smallest absolute Gasteiger partial charge is 0.240 e. The Labute approximate surface area is 170 Å². The zero-order valence-electron chi connectivity index (χ0n) is 16.2. The topological polar surface area (TPSA) is 64.0 Å². The van der Waals surface area contributed by atoms with E-state index in [-0.39, 0.29) is 12.6 Å². The second-order valence-electron chi connectivity index (χ2n) is 7.39. The van der Waals surface area contributed by atoms with E-state index in [1.165, 1.54) is 17.5 Å². The average Bonchev–Trinajstić information content (AvgIpc) is 3.32. The van der Waals surface area contributed by atoms with Crippen LogP contribution in [0.1, 0.15) is 46.3 Å². The van der Waals surface area contributed by atoms with Crippen LogP contribution in [-0.2, 0) is 22.9 Å². The van der Waals surface area contributed by atoms with Gasteiger partial charge in [-0.15, -0.1) is 11.3 Å². The van der Waals surface area contributed by atoms with E-state index >= 15 is 0 Å². The average molecular weight is 416 g/mol. The van der Waals surface area contributed by atoms with Gasteiger partial charge in [0.2, 0.25) is 10.0 Å². The Morgan fingerprint density at radius 2 is 1.93 bits per heavy atom. The number of benzene rings is 1. The van der Waals surface area contributed by atoms with Gasteiger partial charge in [-0.2, -0.15) is 5.10 Å². The molecule has 28 heavy (non-hydrogen) atoms. The second kappa shape index (κ2) is 7.81. The van der Waals surface area contributed by atoms with Gasteiger partial charge in [-0.05, 0) is 80.3 Å². The number of aryl methyl sites for hydroxylation is 4. The quantitative estimate of drug-likeness (QED) is 0.662. The third kappa shape index (κ3) is 3.92. The molecule has 0 fully saturated rings. The maximum absolute atomic E-state index is 13.0. The van der Waals surface area contributed by atoms with Crippen LogP contribution in [0, 0.1) is 13.8 Å². The van der Waals surface area contributed by atoms with Gasteiger partial charge in [-0.1, -0.05) is 12.1 Å². The summed E-state index contributed by atoms with van der Waals surface area (Å²) in [4.78, 5) is 1.44. The van der Waals surface area contributed by atoms with Gasteiger partial charge in [0.1, 0.15) is 0 Å². The maximum Gasteiger partial charge on any atom is 0.240 e. The maximum atomic E-state index is 13.0. The number of hydrogen-bond donors (Lipinski definition) is 1. The van der Waals surface area contributed by atoms with Gasteiger partial charge in [0.25, 0.3) is 0 Å². The summed E-state index contributed by atoms with van der Waals surface area (Å²) in [5, 5.41) is 6.59. The van der Waals surface area contributed by atoms with Crippen LogP contribution in [-0.4, -0.2) is 24.7 Å². The largest absolute Gasteiger partial charge is 0.260 e. The summed E-state index contributed by atoms with van der Waals surface area (Å²) >= 11 is 1.61. The molecule has 4 rings (SSSR count). The van der Waals surface area contributed by atoms with Crippen molar-refractivity contribution in [2.24, 2.45) is 0 Å². The molecular weight excluding hydrogens is 390 g/mol. The predicted molar refractivity (Wildman–Crippen MR) is 112 cm³/mol. The molecule has 0 aliphatic heterocycles. The fourth-order valence-electron chi connectivity index (χ4n) is 3.90. The van der Waals surface area contributed by atoms with Gasteiger partial charge < -0.3 is 0 Å². The Morgan fingerprint density at radius 3 is 2.61 bits per heavy atom. The highest BCUT2D eigenvalue weighted by Gasteiger charge is 2.23. The number of nitrogens with one attached hydrogen (secondary N) is 1. The number of hydrogen-bond acceptors (Lipinski definition) is 4. The molecule has 3 aromatic rings. The minimum atomic E-state index is -3.58. The van der Waals surface area contributed by atoms with Crippen LogP contribution in [0.5, 0.6) is 0 Å². The molecule has 1 atom stereocenters. The molecule has 1 aliphatic carbocycles. The fraction of sp³-hybridized carbons (Fsp3) is 0.381. The molecule has 7 heteroatoms. The van der Waals surface area contributed by atoms with Gasteiger partial charge in [0, 0.05) is 17.1 Å². The van der Waals surface area contributed by atoms with Crippen molar-refractivity contribution in [1.82, 2.24) is 14.5 Å². The van der Waals surface area contributed by atoms with Crippen LogP contribution in [0.2, 0.25) is 0 Å². The van der Waals surface area contributed by atoms with Crippen molar-refractivity contribution in [3.63, 3.8) is 0 Å². The van der Waals surface area contributed by atoms with Crippen LogP contribution in [0.25, 0.3) is 0 Å². The number of nitrogens with zero attached hydrogens (tertiary/aromatic N) is 2. The van der Waals surface area contributed by atoms with E-state index < -0.39 is 10.0 Å². The van der Waals surface area contributed by atoms with E-state index in [4.69, 9.17) is 0 Å². The summed E-state index contributed by atoms with van der Waals surface area (Å²) in [5.41, 5.74) is 4.40. The number of sulfonamides is 1. The molecule has 148 valence electrons. The lowest BCUT2D eigenvalue weighted by molar-refractivity contribution is 0.499. The van der Waals surface area contributed by atoms with E-state index in [0.717, 1.165) is 35.5 Å². The van der Waals surface area contributed by atoms with E-state index in [9.17, 15) is 8.42 Å². The molecular formula is C21H25N3O2S2. The van der Waals surface area contributed by atoms with Crippen molar-refractivity contribution >= 4 is 21.4 Å². The molecule has 2 heterocycles. The standard InChI is InChI=1S/C21H25N3O2S2/c1-15-12-16(2)24(23-15)20(21-8-5-11-27-21)14-22-28(25,26)19-10-9-17-6-3-4-7-18(17)13-19/h5,8-13,20,22H,3-4,6-7,14H2,1-2H3. The first-order chi connectivity index (χ1) is 13.4. The van der Waals surface area contributed by atoms with Crippen LogP contribution in [0.3, 0.4) is 0 Å². The van der Waals surface area contributed by atoms with E-state index in [1.54, 1.807) is 17.4 Å². The molecule has 2 aromatic heterocycles. The third-order valence-electron chi connectivity index (χ3n) is 5.31. The predicted octanol–water partition coefficient (Wildman–Crippen LogP) is 4.01. The third-order valence-corrected chi connectivity index (χ3v) is 7.70. The Hall–Kier alpha value is -1.96. The molecule has 1 aromatic carbocycles. The first-order valence-electron chi connectivity index (χ1n) is 9.62. The van der Waals surface area contributed by atoms with E-state index in [0.29, 0.717) is 4.90 Å². The lowest BCUT2D eigenvalue weighted by atomic mass is 9.92. The second-order valence-corrected chi connectivity index (χ2v) is 10.1. The van der Waals surface area contributed by atoms with Gasteiger partial charge in [-0.3, -0.25) is 4.68 Å². The highest BCUT2D eigenvalue weighted by molar-refractivity contribution is 7.89. The van der Waals surface area contributed by atoms with Crippen molar-refractivity contribution in [2.45, 2.75) is 50.5 Å². The fourth-order valence-corrected chi connectivity index (χ4v) is 5.80. The Morgan fingerprint density at radius 1 is 1.14 bits per heavy atom. The summed E-state index contributed by atoms with van der Waals surface area (Å²) < 4.78 is 30.7. The normalized spacial score (nSPS) is 15.4. The number of rotatable bonds is 6. The molecule has 0 radical (unpaired) electrons. The van der Waals surface area contributed by atoms with E-state index in [1.807, 2.05) is 54.2 Å². The Balaban J connectivity index is 1.59. The number of aromatic nitrogens is 2. The highest BCUT2D eigenvalue weighted by Crippen LogP contribution is 2.26. The molecule has 1 aliphatic rings. The lowest BCUT2D eigenvalue weighted by Gasteiger charge is -2.20. The first-order valence-corrected chi connectivity index (χ1v) is 12.0. The van der Waals surface area contributed by atoms with E-state index in [2.05, 4.69) is 9.82 Å². The molecule has 0 bridgehead atoms. The Kier molecular flexibility index (Phi) is 5.40. The molecule has 0 spiro atoms. The van der Waals surface area contributed by atoms with Gasteiger partial charge in [0.05, 0.1) is 16.6 Å². The van der Waals surface area contributed by atoms with Crippen molar-refractivity contribution in [1.29, 1.82) is 0 Å². The molecule has 0 amide bonds. The van der Waals surface area contributed by atoms with Gasteiger partial charge in [-0.25, -0.2) is 13.1 Å². The monoisotopic (exact) mass is 415 g/mol. The van der Waals surface area contributed by atoms with Crippen LogP contribution in [0.15, 0.2) is 46.7 Å². The summed E-state index contributed by atoms with van der Waals surface area (Å²) in [7, 11) is -3.58.